The van der Waals surface area contributed by atoms with Crippen LogP contribution in [0.4, 0.5) is 10.5 Å². The van der Waals surface area contributed by atoms with Gasteiger partial charge in [-0.05, 0) is 44.5 Å². The van der Waals surface area contributed by atoms with Gasteiger partial charge in [0.05, 0.1) is 5.41 Å². The summed E-state index contributed by atoms with van der Waals surface area (Å²) in [7, 11) is 0. The molecule has 0 unspecified atom stereocenters. The molecule has 7 heteroatoms. The van der Waals surface area contributed by atoms with Gasteiger partial charge in [0.2, 0.25) is 0 Å². The fraction of sp³-hybridized carbons (Fsp3) is 0.438. The van der Waals surface area contributed by atoms with Crippen molar-refractivity contribution in [1.29, 1.82) is 0 Å². The van der Waals surface area contributed by atoms with E-state index in [2.05, 4.69) is 10.6 Å². The average molecular weight is 319 g/mol. The summed E-state index contributed by atoms with van der Waals surface area (Å²) < 4.78 is 0. The molecule has 1 heterocycles. The van der Waals surface area contributed by atoms with Gasteiger partial charge in [0.1, 0.15) is 0 Å². The Labute approximate surface area is 134 Å². The molecule has 23 heavy (non-hydrogen) atoms. The number of aliphatic carboxylic acids is 1. The molecule has 124 valence electrons. The Morgan fingerprint density at radius 2 is 1.96 bits per heavy atom. The molecule has 0 bridgehead atoms. The zero-order valence-electron chi connectivity index (χ0n) is 13.3. The summed E-state index contributed by atoms with van der Waals surface area (Å²) in [5.74, 6) is -1.15. The number of urea groups is 1. The van der Waals surface area contributed by atoms with Crippen LogP contribution in [0.3, 0.4) is 0 Å². The van der Waals surface area contributed by atoms with E-state index in [4.69, 9.17) is 5.11 Å². The van der Waals surface area contributed by atoms with E-state index in [1.54, 1.807) is 43.0 Å². The highest BCUT2D eigenvalue weighted by atomic mass is 16.4. The first-order valence-electron chi connectivity index (χ1n) is 7.48. The first kappa shape index (κ1) is 16.8. The van der Waals surface area contributed by atoms with Crippen LogP contribution in [-0.2, 0) is 4.79 Å². The normalized spacial score (nSPS) is 14.5. The predicted molar refractivity (Wildman–Crippen MR) is 85.6 cm³/mol. The summed E-state index contributed by atoms with van der Waals surface area (Å²) in [5.41, 5.74) is 0.338. The van der Waals surface area contributed by atoms with Crippen LogP contribution in [-0.4, -0.2) is 42.6 Å². The second-order valence-corrected chi connectivity index (χ2v) is 6.13. The largest absolute Gasteiger partial charge is 0.481 e. The Morgan fingerprint density at radius 1 is 1.30 bits per heavy atom. The minimum atomic E-state index is -0.889. The first-order chi connectivity index (χ1) is 10.8. The fourth-order valence-electron chi connectivity index (χ4n) is 2.21. The standard InChI is InChI=1S/C16H21N3O4/c1-16(2,14(21)22)7-8-17-13(20)11-3-5-12(6-4-11)19-10-9-18-15(19)23/h3-6H,7-10H2,1-2H3,(H,17,20)(H,18,23)(H,21,22). The lowest BCUT2D eigenvalue weighted by molar-refractivity contribution is -0.147. The molecular weight excluding hydrogens is 298 g/mol. The third kappa shape index (κ3) is 4.00. The van der Waals surface area contributed by atoms with Gasteiger partial charge in [-0.3, -0.25) is 14.5 Å². The summed E-state index contributed by atoms with van der Waals surface area (Å²) in [6.07, 6.45) is 0.347. The van der Waals surface area contributed by atoms with Gasteiger partial charge in [0.15, 0.2) is 0 Å². The number of hydrogen-bond donors (Lipinski definition) is 3. The van der Waals surface area contributed by atoms with Crippen molar-refractivity contribution >= 4 is 23.6 Å². The molecule has 1 fully saturated rings. The Kier molecular flexibility index (Phi) is 4.88. The van der Waals surface area contributed by atoms with Crippen LogP contribution in [0.2, 0.25) is 0 Å². The van der Waals surface area contributed by atoms with Crippen LogP contribution >= 0.6 is 0 Å². The van der Waals surface area contributed by atoms with Gasteiger partial charge in [-0.1, -0.05) is 0 Å². The molecule has 0 atom stereocenters. The summed E-state index contributed by atoms with van der Waals surface area (Å²) in [6, 6.07) is 6.61. The maximum absolute atomic E-state index is 12.0. The minimum absolute atomic E-state index is 0.141. The van der Waals surface area contributed by atoms with E-state index >= 15 is 0 Å². The zero-order chi connectivity index (χ0) is 17.0. The second kappa shape index (κ2) is 6.68. The van der Waals surface area contributed by atoms with E-state index in [1.807, 2.05) is 0 Å². The van der Waals surface area contributed by atoms with Crippen molar-refractivity contribution in [3.05, 3.63) is 29.8 Å². The van der Waals surface area contributed by atoms with E-state index in [0.29, 0.717) is 25.1 Å². The third-order valence-electron chi connectivity index (χ3n) is 3.91. The maximum atomic E-state index is 12.0. The summed E-state index contributed by atoms with van der Waals surface area (Å²) in [6.45, 7) is 4.75. The molecule has 1 aliphatic rings. The third-order valence-corrected chi connectivity index (χ3v) is 3.91. The van der Waals surface area contributed by atoms with Crippen LogP contribution in [0.15, 0.2) is 24.3 Å². The quantitative estimate of drug-likeness (QED) is 0.739. The highest BCUT2D eigenvalue weighted by Gasteiger charge is 2.26. The Morgan fingerprint density at radius 3 is 2.48 bits per heavy atom. The van der Waals surface area contributed by atoms with Crippen LogP contribution in [0.25, 0.3) is 0 Å². The van der Waals surface area contributed by atoms with Gasteiger partial charge in [0, 0.05) is 30.9 Å². The average Bonchev–Trinajstić information content (AvgIpc) is 2.93. The molecule has 0 aliphatic carbocycles. The van der Waals surface area contributed by atoms with Gasteiger partial charge in [-0.15, -0.1) is 0 Å². The topological polar surface area (TPSA) is 98.7 Å². The predicted octanol–water partition coefficient (Wildman–Crippen LogP) is 1.45. The number of nitrogens with one attached hydrogen (secondary N) is 2. The van der Waals surface area contributed by atoms with Crippen molar-refractivity contribution in [2.45, 2.75) is 20.3 Å². The van der Waals surface area contributed by atoms with Gasteiger partial charge >= 0.3 is 12.0 Å². The Hall–Kier alpha value is -2.57. The number of carboxylic acids is 1. The monoisotopic (exact) mass is 319 g/mol. The highest BCUT2D eigenvalue weighted by Crippen LogP contribution is 2.20. The smallest absolute Gasteiger partial charge is 0.321 e. The van der Waals surface area contributed by atoms with E-state index in [0.717, 1.165) is 5.69 Å². The van der Waals surface area contributed by atoms with Gasteiger partial charge in [-0.25, -0.2) is 4.79 Å². The Balaban J connectivity index is 1.90. The number of nitrogens with zero attached hydrogens (tertiary/aromatic N) is 1. The van der Waals surface area contributed by atoms with Gasteiger partial charge in [0.25, 0.3) is 5.91 Å². The summed E-state index contributed by atoms with van der Waals surface area (Å²) in [5, 5.41) is 14.5. The molecule has 1 aromatic rings. The van der Waals surface area contributed by atoms with E-state index in [9.17, 15) is 14.4 Å². The molecule has 1 aromatic carbocycles. The zero-order valence-corrected chi connectivity index (χ0v) is 13.3. The maximum Gasteiger partial charge on any atom is 0.321 e. The molecule has 0 saturated carbocycles. The van der Waals surface area contributed by atoms with Crippen LogP contribution in [0.5, 0.6) is 0 Å². The Bertz CT molecular complexity index is 610. The molecule has 7 nitrogen and oxygen atoms in total. The van der Waals surface area contributed by atoms with Crippen molar-refractivity contribution in [1.82, 2.24) is 10.6 Å². The molecule has 1 saturated heterocycles. The van der Waals surface area contributed by atoms with Crippen LogP contribution in [0, 0.1) is 5.41 Å². The number of anilines is 1. The molecule has 3 N–H and O–H groups in total. The summed E-state index contributed by atoms with van der Waals surface area (Å²) in [4.78, 5) is 36.2. The molecule has 1 aliphatic heterocycles. The first-order valence-corrected chi connectivity index (χ1v) is 7.48. The SMILES string of the molecule is CC(C)(CCNC(=O)c1ccc(N2CCNC2=O)cc1)C(=O)O. The van der Waals surface area contributed by atoms with E-state index < -0.39 is 11.4 Å². The number of carboxylic acid groups (broad SMARTS) is 1. The number of rotatable bonds is 6. The molecule has 0 radical (unpaired) electrons. The van der Waals surface area contributed by atoms with Crippen molar-refractivity contribution in [2.75, 3.05) is 24.5 Å². The van der Waals surface area contributed by atoms with Crippen LogP contribution < -0.4 is 15.5 Å². The number of carbonyl (C=O) groups is 3. The van der Waals surface area contributed by atoms with Crippen LogP contribution in [0.1, 0.15) is 30.6 Å². The molecule has 2 rings (SSSR count). The lowest BCUT2D eigenvalue weighted by Gasteiger charge is -2.19. The van der Waals surface area contributed by atoms with Gasteiger partial charge in [-0.2, -0.15) is 0 Å². The van der Waals surface area contributed by atoms with Crippen molar-refractivity contribution < 1.29 is 19.5 Å². The molecule has 0 spiro atoms. The lowest BCUT2D eigenvalue weighted by Crippen LogP contribution is -2.32. The number of amides is 3. The van der Waals surface area contributed by atoms with E-state index in [-0.39, 0.29) is 18.5 Å². The van der Waals surface area contributed by atoms with E-state index in [1.165, 1.54) is 0 Å². The van der Waals surface area contributed by atoms with Crippen molar-refractivity contribution in [2.24, 2.45) is 5.41 Å². The van der Waals surface area contributed by atoms with Crippen molar-refractivity contribution in [3.8, 4) is 0 Å². The number of hydrogen-bond acceptors (Lipinski definition) is 3. The molecular formula is C16H21N3O4. The highest BCUT2D eigenvalue weighted by molar-refractivity contribution is 5.97. The molecule has 3 amide bonds. The fourth-order valence-corrected chi connectivity index (χ4v) is 2.21. The second-order valence-electron chi connectivity index (χ2n) is 6.13. The number of carbonyl (C=O) groups excluding carboxylic acids is 2. The lowest BCUT2D eigenvalue weighted by atomic mass is 9.90. The summed E-state index contributed by atoms with van der Waals surface area (Å²) >= 11 is 0. The minimum Gasteiger partial charge on any atom is -0.481 e. The molecule has 0 aromatic heterocycles. The van der Waals surface area contributed by atoms with Crippen molar-refractivity contribution in [3.63, 3.8) is 0 Å². The number of benzene rings is 1. The van der Waals surface area contributed by atoms with Gasteiger partial charge < -0.3 is 15.7 Å².